The Labute approximate surface area is 168 Å². The van der Waals surface area contributed by atoms with Crippen molar-refractivity contribution in [1.29, 1.82) is 0 Å². The van der Waals surface area contributed by atoms with E-state index in [0.717, 1.165) is 34.7 Å². The SMILES string of the molecule is Cc1ccccc1C1=NCC(=O)N(Cc2cccnc2)c2sc3c(c21)CCC3. The first-order valence-electron chi connectivity index (χ1n) is 9.67. The third kappa shape index (κ3) is 2.87. The number of hydrogen-bond donors (Lipinski definition) is 0. The Morgan fingerprint density at radius 3 is 2.86 bits per heavy atom. The van der Waals surface area contributed by atoms with Crippen molar-refractivity contribution in [3.05, 3.63) is 81.5 Å². The van der Waals surface area contributed by atoms with Gasteiger partial charge in [0, 0.05) is 28.4 Å². The summed E-state index contributed by atoms with van der Waals surface area (Å²) in [6.45, 7) is 2.83. The zero-order chi connectivity index (χ0) is 19.1. The highest BCUT2D eigenvalue weighted by Gasteiger charge is 2.33. The molecule has 0 bridgehead atoms. The van der Waals surface area contributed by atoms with Crippen LogP contribution < -0.4 is 4.90 Å². The third-order valence-corrected chi connectivity index (χ3v) is 6.84. The summed E-state index contributed by atoms with van der Waals surface area (Å²) in [7, 11) is 0. The van der Waals surface area contributed by atoms with Crippen molar-refractivity contribution >= 4 is 28.0 Å². The molecule has 0 atom stereocenters. The van der Waals surface area contributed by atoms with E-state index in [2.05, 4.69) is 36.2 Å². The predicted molar refractivity (Wildman–Crippen MR) is 113 cm³/mol. The number of fused-ring (bicyclic) bond motifs is 3. The Bertz CT molecular complexity index is 1080. The molecule has 1 aromatic carbocycles. The van der Waals surface area contributed by atoms with E-state index in [0.29, 0.717) is 6.54 Å². The fourth-order valence-corrected chi connectivity index (χ4v) is 5.55. The molecule has 2 aromatic heterocycles. The van der Waals surface area contributed by atoms with E-state index in [4.69, 9.17) is 4.99 Å². The zero-order valence-corrected chi connectivity index (χ0v) is 16.6. The maximum absolute atomic E-state index is 13.1. The van der Waals surface area contributed by atoms with Crippen molar-refractivity contribution in [2.24, 2.45) is 4.99 Å². The minimum Gasteiger partial charge on any atom is -0.297 e. The molecule has 0 spiro atoms. The van der Waals surface area contributed by atoms with Gasteiger partial charge in [0.1, 0.15) is 11.5 Å². The van der Waals surface area contributed by atoms with Crippen molar-refractivity contribution in [2.45, 2.75) is 32.7 Å². The van der Waals surface area contributed by atoms with Gasteiger partial charge in [0.2, 0.25) is 5.91 Å². The van der Waals surface area contributed by atoms with Gasteiger partial charge in [-0.05, 0) is 48.9 Å². The van der Waals surface area contributed by atoms with Gasteiger partial charge in [0.15, 0.2) is 0 Å². The Morgan fingerprint density at radius 2 is 2.04 bits per heavy atom. The van der Waals surface area contributed by atoms with Crippen molar-refractivity contribution in [3.8, 4) is 0 Å². The molecule has 2 aliphatic rings. The van der Waals surface area contributed by atoms with Gasteiger partial charge < -0.3 is 0 Å². The molecule has 0 fully saturated rings. The molecule has 4 nitrogen and oxygen atoms in total. The van der Waals surface area contributed by atoms with Crippen molar-refractivity contribution in [2.75, 3.05) is 11.4 Å². The molecule has 140 valence electrons. The van der Waals surface area contributed by atoms with Gasteiger partial charge in [-0.25, -0.2) is 0 Å². The van der Waals surface area contributed by atoms with Crippen LogP contribution in [0.3, 0.4) is 0 Å². The number of aromatic nitrogens is 1. The molecule has 5 heteroatoms. The maximum atomic E-state index is 13.1. The lowest BCUT2D eigenvalue weighted by atomic mass is 9.96. The minimum atomic E-state index is 0.0496. The number of nitrogens with zero attached hydrogens (tertiary/aromatic N) is 3. The lowest BCUT2D eigenvalue weighted by Crippen LogP contribution is -2.31. The molecule has 28 heavy (non-hydrogen) atoms. The van der Waals surface area contributed by atoms with E-state index in [1.54, 1.807) is 17.5 Å². The van der Waals surface area contributed by atoms with Gasteiger partial charge >= 0.3 is 0 Å². The van der Waals surface area contributed by atoms with Crippen LogP contribution >= 0.6 is 11.3 Å². The van der Waals surface area contributed by atoms with E-state index in [9.17, 15) is 4.79 Å². The number of amides is 1. The van der Waals surface area contributed by atoms with Crippen molar-refractivity contribution in [1.82, 2.24) is 4.98 Å². The van der Waals surface area contributed by atoms with Crippen LogP contribution in [0, 0.1) is 6.92 Å². The molecule has 3 heterocycles. The highest BCUT2D eigenvalue weighted by atomic mass is 32.1. The first kappa shape index (κ1) is 17.3. The van der Waals surface area contributed by atoms with Gasteiger partial charge in [-0.1, -0.05) is 30.3 Å². The number of anilines is 1. The first-order valence-corrected chi connectivity index (χ1v) is 10.5. The number of thiophene rings is 1. The van der Waals surface area contributed by atoms with Crippen LogP contribution in [0.5, 0.6) is 0 Å². The third-order valence-electron chi connectivity index (χ3n) is 5.52. The second kappa shape index (κ2) is 6.99. The smallest absolute Gasteiger partial charge is 0.249 e. The van der Waals surface area contributed by atoms with Gasteiger partial charge in [0.25, 0.3) is 0 Å². The fourth-order valence-electron chi connectivity index (χ4n) is 4.14. The number of aliphatic imine (C=N–C) groups is 1. The average Bonchev–Trinajstić information content (AvgIpc) is 3.27. The molecule has 1 amide bonds. The number of pyridine rings is 1. The van der Waals surface area contributed by atoms with Crippen LogP contribution in [0.15, 0.2) is 53.8 Å². The van der Waals surface area contributed by atoms with Crippen LogP contribution in [0.4, 0.5) is 5.00 Å². The van der Waals surface area contributed by atoms with E-state index in [-0.39, 0.29) is 12.5 Å². The van der Waals surface area contributed by atoms with E-state index < -0.39 is 0 Å². The molecule has 0 unspecified atom stereocenters. The highest BCUT2D eigenvalue weighted by molar-refractivity contribution is 7.17. The average molecular weight is 388 g/mol. The summed E-state index contributed by atoms with van der Waals surface area (Å²) < 4.78 is 0. The Hall–Kier alpha value is -2.79. The summed E-state index contributed by atoms with van der Waals surface area (Å²) in [4.78, 5) is 25.5. The lowest BCUT2D eigenvalue weighted by molar-refractivity contribution is -0.117. The van der Waals surface area contributed by atoms with Crippen LogP contribution in [-0.4, -0.2) is 23.1 Å². The molecule has 0 radical (unpaired) electrons. The van der Waals surface area contributed by atoms with Crippen LogP contribution in [-0.2, 0) is 24.2 Å². The summed E-state index contributed by atoms with van der Waals surface area (Å²) in [5.74, 6) is 0.0496. The minimum absolute atomic E-state index is 0.0496. The predicted octanol–water partition coefficient (Wildman–Crippen LogP) is 4.32. The molecule has 0 saturated carbocycles. The normalized spacial score (nSPS) is 15.8. The molecular weight excluding hydrogens is 366 g/mol. The van der Waals surface area contributed by atoms with Gasteiger partial charge in [-0.3, -0.25) is 19.7 Å². The number of aryl methyl sites for hydroxylation is 2. The number of rotatable bonds is 3. The molecular formula is C23H21N3OS. The number of carbonyl (C=O) groups is 1. The topological polar surface area (TPSA) is 45.6 Å². The van der Waals surface area contributed by atoms with E-state index >= 15 is 0 Å². The molecule has 3 aromatic rings. The largest absolute Gasteiger partial charge is 0.297 e. The lowest BCUT2D eigenvalue weighted by Gasteiger charge is -2.21. The van der Waals surface area contributed by atoms with E-state index in [1.807, 2.05) is 23.2 Å². The molecule has 0 saturated heterocycles. The van der Waals surface area contributed by atoms with Crippen LogP contribution in [0.1, 0.15) is 39.1 Å². The fraction of sp³-hybridized carbons (Fsp3) is 0.261. The highest BCUT2D eigenvalue weighted by Crippen LogP contribution is 2.44. The monoisotopic (exact) mass is 387 g/mol. The van der Waals surface area contributed by atoms with Gasteiger partial charge in [-0.2, -0.15) is 0 Å². The number of carbonyl (C=O) groups excluding carboxylic acids is 1. The second-order valence-corrected chi connectivity index (χ2v) is 8.44. The maximum Gasteiger partial charge on any atom is 0.249 e. The summed E-state index contributed by atoms with van der Waals surface area (Å²) in [5.41, 5.74) is 6.92. The van der Waals surface area contributed by atoms with Gasteiger partial charge in [-0.15, -0.1) is 11.3 Å². The molecule has 5 rings (SSSR count). The van der Waals surface area contributed by atoms with Crippen LogP contribution in [0.2, 0.25) is 0 Å². The van der Waals surface area contributed by atoms with E-state index in [1.165, 1.54) is 28.0 Å². The standard InChI is InChI=1S/C23H21N3OS/c1-15-6-2-3-8-17(15)22-21-18-9-4-10-19(18)28-23(21)26(20(27)13-25-22)14-16-7-5-11-24-12-16/h2-3,5-8,11-12H,4,9-10,13-14H2,1H3. The number of hydrogen-bond acceptors (Lipinski definition) is 4. The Morgan fingerprint density at radius 1 is 1.14 bits per heavy atom. The Balaban J connectivity index is 1.67. The second-order valence-electron chi connectivity index (χ2n) is 7.36. The quantitative estimate of drug-likeness (QED) is 0.672. The zero-order valence-electron chi connectivity index (χ0n) is 15.8. The summed E-state index contributed by atoms with van der Waals surface area (Å²) in [5, 5.41) is 1.05. The number of benzene rings is 1. The first-order chi connectivity index (χ1) is 13.7. The molecule has 0 N–H and O–H groups in total. The van der Waals surface area contributed by atoms with Crippen molar-refractivity contribution in [3.63, 3.8) is 0 Å². The molecule has 1 aliphatic heterocycles. The summed E-state index contributed by atoms with van der Waals surface area (Å²) in [6, 6.07) is 12.3. The molecule has 1 aliphatic carbocycles. The summed E-state index contributed by atoms with van der Waals surface area (Å²) >= 11 is 1.78. The van der Waals surface area contributed by atoms with Crippen LogP contribution in [0.25, 0.3) is 0 Å². The van der Waals surface area contributed by atoms with Gasteiger partial charge in [0.05, 0.1) is 12.3 Å². The Kier molecular flexibility index (Phi) is 4.32. The summed E-state index contributed by atoms with van der Waals surface area (Å²) in [6.07, 6.45) is 6.95. The van der Waals surface area contributed by atoms with Crippen molar-refractivity contribution < 1.29 is 4.79 Å².